The smallest absolute Gasteiger partial charge is 0.338 e. The SMILES string of the molecule is COC(=O)c1cc(OC)c(OCCCOc2cc(N=[N+]=[N-])c(C(=O)OC)cc2OC)cc1N=[N+]=[N-]. The maximum Gasteiger partial charge on any atom is 0.338 e. The number of hydrogen-bond acceptors (Lipinski definition) is 10. The monoisotopic (exact) mass is 486 g/mol. The van der Waals surface area contributed by atoms with Crippen LogP contribution in [-0.4, -0.2) is 53.6 Å². The van der Waals surface area contributed by atoms with Crippen LogP contribution in [0.1, 0.15) is 27.1 Å². The predicted molar refractivity (Wildman–Crippen MR) is 122 cm³/mol. The van der Waals surface area contributed by atoms with Gasteiger partial charge in [0.25, 0.3) is 0 Å². The molecule has 0 saturated heterocycles. The fraction of sp³-hybridized carbons (Fsp3) is 0.333. The van der Waals surface area contributed by atoms with Crippen LogP contribution in [0, 0.1) is 0 Å². The Morgan fingerprint density at radius 2 is 1.11 bits per heavy atom. The van der Waals surface area contributed by atoms with Gasteiger partial charge in [0.2, 0.25) is 0 Å². The van der Waals surface area contributed by atoms with Crippen molar-refractivity contribution in [2.24, 2.45) is 10.2 Å². The number of carbonyl (C=O) groups excluding carboxylic acids is 2. The molecule has 0 amide bonds. The first-order valence-corrected chi connectivity index (χ1v) is 9.90. The molecule has 0 aliphatic carbocycles. The zero-order valence-electron chi connectivity index (χ0n) is 19.4. The zero-order valence-corrected chi connectivity index (χ0v) is 19.4. The zero-order chi connectivity index (χ0) is 25.8. The van der Waals surface area contributed by atoms with E-state index in [0.29, 0.717) is 6.42 Å². The van der Waals surface area contributed by atoms with Crippen molar-refractivity contribution >= 4 is 23.3 Å². The molecule has 0 radical (unpaired) electrons. The number of ether oxygens (including phenoxy) is 6. The Hall–Kier alpha value is -4.80. The Labute approximate surface area is 199 Å². The number of hydrogen-bond donors (Lipinski definition) is 0. The van der Waals surface area contributed by atoms with E-state index in [9.17, 15) is 9.59 Å². The van der Waals surface area contributed by atoms with Crippen LogP contribution in [0.5, 0.6) is 23.0 Å². The number of methoxy groups -OCH3 is 4. The third kappa shape index (κ3) is 6.60. The summed E-state index contributed by atoms with van der Waals surface area (Å²) in [5.74, 6) is -0.429. The summed E-state index contributed by atoms with van der Waals surface area (Å²) in [5.41, 5.74) is 17.7. The molecular formula is C21H22N6O8. The van der Waals surface area contributed by atoms with Gasteiger partial charge in [-0.15, -0.1) is 0 Å². The van der Waals surface area contributed by atoms with E-state index in [1.54, 1.807) is 0 Å². The molecule has 35 heavy (non-hydrogen) atoms. The summed E-state index contributed by atoms with van der Waals surface area (Å²) in [5, 5.41) is 7.00. The molecule has 0 atom stereocenters. The standard InChI is InChI=1S/C21H22N6O8/c1-30-16-8-12(20(28)32-3)14(24-26-22)10-18(16)34-6-5-7-35-19-11-15(25-27-23)13(21(29)33-4)9-17(19)31-2/h8-11H,5-7H2,1-4H3. The Bertz CT molecular complexity index is 1100. The second-order valence-electron chi connectivity index (χ2n) is 6.45. The number of esters is 2. The third-order valence-corrected chi connectivity index (χ3v) is 4.48. The summed E-state index contributed by atoms with van der Waals surface area (Å²) in [6.07, 6.45) is 0.386. The number of nitrogens with zero attached hydrogens (tertiary/aromatic N) is 6. The lowest BCUT2D eigenvalue weighted by atomic mass is 10.1. The molecule has 0 aromatic heterocycles. The number of azide groups is 2. The molecule has 0 N–H and O–H groups in total. The number of benzene rings is 2. The molecule has 14 nitrogen and oxygen atoms in total. The van der Waals surface area contributed by atoms with E-state index in [0.717, 1.165) is 0 Å². The Balaban J connectivity index is 2.13. The number of carbonyl (C=O) groups is 2. The molecule has 0 fully saturated rings. The van der Waals surface area contributed by atoms with E-state index in [1.807, 2.05) is 0 Å². The van der Waals surface area contributed by atoms with Crippen molar-refractivity contribution < 1.29 is 38.0 Å². The topological polar surface area (TPSA) is 187 Å². The van der Waals surface area contributed by atoms with Gasteiger partial charge >= 0.3 is 11.9 Å². The third-order valence-electron chi connectivity index (χ3n) is 4.48. The normalized spacial score (nSPS) is 9.71. The van der Waals surface area contributed by atoms with Crippen LogP contribution in [0.4, 0.5) is 11.4 Å². The second kappa shape index (κ2) is 13.0. The highest BCUT2D eigenvalue weighted by atomic mass is 16.5. The summed E-state index contributed by atoms with van der Waals surface area (Å²) in [6.45, 7) is 0.324. The minimum Gasteiger partial charge on any atom is -0.493 e. The molecule has 0 spiro atoms. The van der Waals surface area contributed by atoms with Gasteiger partial charge in [0.15, 0.2) is 23.0 Å². The van der Waals surface area contributed by atoms with Gasteiger partial charge in [0, 0.05) is 16.2 Å². The van der Waals surface area contributed by atoms with Crippen LogP contribution in [0.2, 0.25) is 0 Å². The van der Waals surface area contributed by atoms with E-state index >= 15 is 0 Å². The predicted octanol–water partition coefficient (Wildman–Crippen LogP) is 5.01. The lowest BCUT2D eigenvalue weighted by Crippen LogP contribution is -2.08. The first kappa shape index (κ1) is 26.5. The van der Waals surface area contributed by atoms with Crippen molar-refractivity contribution in [3.63, 3.8) is 0 Å². The van der Waals surface area contributed by atoms with Gasteiger partial charge in [-0.05, 0) is 35.3 Å². The average molecular weight is 486 g/mol. The molecule has 0 aliphatic heterocycles. The largest absolute Gasteiger partial charge is 0.493 e. The van der Waals surface area contributed by atoms with Gasteiger partial charge in [-0.1, -0.05) is 10.2 Å². The highest BCUT2D eigenvalue weighted by Gasteiger charge is 2.18. The van der Waals surface area contributed by atoms with Gasteiger partial charge in [-0.2, -0.15) is 0 Å². The quantitative estimate of drug-likeness (QED) is 0.131. The molecule has 2 aromatic carbocycles. The van der Waals surface area contributed by atoms with Crippen molar-refractivity contribution in [2.45, 2.75) is 6.42 Å². The lowest BCUT2D eigenvalue weighted by molar-refractivity contribution is 0.0592. The van der Waals surface area contributed by atoms with Crippen LogP contribution in [-0.2, 0) is 9.47 Å². The van der Waals surface area contributed by atoms with Crippen molar-refractivity contribution in [1.82, 2.24) is 0 Å². The van der Waals surface area contributed by atoms with Crippen molar-refractivity contribution in [1.29, 1.82) is 0 Å². The van der Waals surface area contributed by atoms with Gasteiger partial charge < -0.3 is 28.4 Å². The first-order chi connectivity index (χ1) is 16.9. The minimum absolute atomic E-state index is 0.0207. The van der Waals surface area contributed by atoms with Crippen LogP contribution in [0.15, 0.2) is 34.5 Å². The molecule has 184 valence electrons. The van der Waals surface area contributed by atoms with Crippen molar-refractivity contribution in [3.8, 4) is 23.0 Å². The summed E-state index contributed by atoms with van der Waals surface area (Å²) in [4.78, 5) is 29.3. The molecule has 0 saturated carbocycles. The molecule has 0 heterocycles. The molecule has 2 aromatic rings. The summed E-state index contributed by atoms with van der Waals surface area (Å²) < 4.78 is 31.3. The molecule has 2 rings (SSSR count). The van der Waals surface area contributed by atoms with Crippen LogP contribution < -0.4 is 18.9 Å². The first-order valence-electron chi connectivity index (χ1n) is 9.90. The van der Waals surface area contributed by atoms with Gasteiger partial charge in [-0.25, -0.2) is 9.59 Å². The Morgan fingerprint density at radius 1 is 0.714 bits per heavy atom. The Kier molecular flexibility index (Phi) is 9.85. The summed E-state index contributed by atoms with van der Waals surface area (Å²) in [6, 6.07) is 5.44. The molecule has 14 heteroatoms. The van der Waals surface area contributed by atoms with Crippen molar-refractivity contribution in [2.75, 3.05) is 41.7 Å². The highest BCUT2D eigenvalue weighted by Crippen LogP contribution is 2.37. The summed E-state index contributed by atoms with van der Waals surface area (Å²) >= 11 is 0. The highest BCUT2D eigenvalue weighted by molar-refractivity contribution is 5.96. The fourth-order valence-corrected chi connectivity index (χ4v) is 2.87. The second-order valence-corrected chi connectivity index (χ2v) is 6.45. The molecule has 0 aliphatic rings. The molecule has 0 bridgehead atoms. The van der Waals surface area contributed by atoms with Crippen LogP contribution in [0.25, 0.3) is 20.9 Å². The van der Waals surface area contributed by atoms with E-state index < -0.39 is 11.9 Å². The number of rotatable bonds is 12. The van der Waals surface area contributed by atoms with E-state index in [-0.39, 0.29) is 58.7 Å². The fourth-order valence-electron chi connectivity index (χ4n) is 2.87. The van der Waals surface area contributed by atoms with E-state index in [2.05, 4.69) is 29.5 Å². The average Bonchev–Trinajstić information content (AvgIpc) is 2.88. The van der Waals surface area contributed by atoms with Crippen molar-refractivity contribution in [3.05, 3.63) is 56.3 Å². The summed E-state index contributed by atoms with van der Waals surface area (Å²) in [7, 11) is 5.19. The van der Waals surface area contributed by atoms with E-state index in [1.165, 1.54) is 52.7 Å². The van der Waals surface area contributed by atoms with Gasteiger partial charge in [0.1, 0.15) is 0 Å². The molecule has 0 unspecified atom stereocenters. The maximum atomic E-state index is 11.9. The van der Waals surface area contributed by atoms with E-state index in [4.69, 9.17) is 30.0 Å². The van der Waals surface area contributed by atoms with Gasteiger partial charge in [0.05, 0.1) is 64.2 Å². The Morgan fingerprint density at radius 3 is 1.43 bits per heavy atom. The lowest BCUT2D eigenvalue weighted by Gasteiger charge is -2.15. The maximum absolute atomic E-state index is 11.9. The van der Waals surface area contributed by atoms with Crippen LogP contribution in [0.3, 0.4) is 0 Å². The van der Waals surface area contributed by atoms with Gasteiger partial charge in [-0.3, -0.25) is 0 Å². The minimum atomic E-state index is -0.696. The van der Waals surface area contributed by atoms with Crippen LogP contribution >= 0.6 is 0 Å². The molecular weight excluding hydrogens is 464 g/mol.